The SMILES string of the molecule is COc1ccc(C2C3=C(CC(C)(C)CC3=O)Nc3[nH][nH]c(=O)c32)cc1OC. The fourth-order valence-electron chi connectivity index (χ4n) is 4.18. The Balaban J connectivity index is 1.93. The first-order valence-corrected chi connectivity index (χ1v) is 8.90. The zero-order valence-corrected chi connectivity index (χ0v) is 15.9. The number of methoxy groups -OCH3 is 2. The lowest BCUT2D eigenvalue weighted by Crippen LogP contribution is -2.35. The number of H-pyrrole nitrogens is 2. The third-order valence-electron chi connectivity index (χ3n) is 5.33. The number of hydrogen-bond acceptors (Lipinski definition) is 5. The van der Waals surface area contributed by atoms with Gasteiger partial charge in [-0.3, -0.25) is 19.8 Å². The van der Waals surface area contributed by atoms with Gasteiger partial charge in [-0.15, -0.1) is 0 Å². The van der Waals surface area contributed by atoms with E-state index in [2.05, 4.69) is 29.4 Å². The number of benzene rings is 1. The van der Waals surface area contributed by atoms with Crippen molar-refractivity contribution < 1.29 is 14.3 Å². The number of ketones is 1. The number of carbonyl (C=O) groups is 1. The monoisotopic (exact) mass is 369 g/mol. The van der Waals surface area contributed by atoms with Crippen LogP contribution in [0.5, 0.6) is 11.5 Å². The van der Waals surface area contributed by atoms with Crippen molar-refractivity contribution in [1.82, 2.24) is 10.2 Å². The molecule has 1 aliphatic carbocycles. The van der Waals surface area contributed by atoms with E-state index in [4.69, 9.17) is 9.47 Å². The summed E-state index contributed by atoms with van der Waals surface area (Å²) in [6.07, 6.45) is 1.19. The molecule has 27 heavy (non-hydrogen) atoms. The van der Waals surface area contributed by atoms with Crippen LogP contribution in [0, 0.1) is 5.41 Å². The zero-order valence-electron chi connectivity index (χ0n) is 15.9. The Morgan fingerprint density at radius 2 is 1.78 bits per heavy atom. The van der Waals surface area contributed by atoms with E-state index in [1.54, 1.807) is 20.3 Å². The minimum atomic E-state index is -0.449. The molecule has 0 fully saturated rings. The maximum atomic E-state index is 13.1. The van der Waals surface area contributed by atoms with Gasteiger partial charge in [0.2, 0.25) is 0 Å². The lowest BCUT2D eigenvalue weighted by Gasteiger charge is -2.38. The van der Waals surface area contributed by atoms with Gasteiger partial charge in [0.15, 0.2) is 17.3 Å². The Kier molecular flexibility index (Phi) is 3.91. The summed E-state index contributed by atoms with van der Waals surface area (Å²) in [7, 11) is 3.14. The number of aromatic amines is 2. The van der Waals surface area contributed by atoms with Crippen LogP contribution in [0.2, 0.25) is 0 Å². The van der Waals surface area contributed by atoms with Crippen LogP contribution in [0.25, 0.3) is 0 Å². The van der Waals surface area contributed by atoms with Crippen LogP contribution >= 0.6 is 0 Å². The van der Waals surface area contributed by atoms with E-state index in [0.29, 0.717) is 34.9 Å². The molecule has 0 bridgehead atoms. The van der Waals surface area contributed by atoms with Crippen molar-refractivity contribution >= 4 is 11.6 Å². The molecule has 1 unspecified atom stereocenters. The fourth-order valence-corrected chi connectivity index (χ4v) is 4.18. The minimum absolute atomic E-state index is 0.0692. The van der Waals surface area contributed by atoms with E-state index in [0.717, 1.165) is 17.7 Å². The third-order valence-corrected chi connectivity index (χ3v) is 5.33. The lowest BCUT2D eigenvalue weighted by atomic mass is 9.69. The van der Waals surface area contributed by atoms with Crippen LogP contribution < -0.4 is 20.3 Å². The van der Waals surface area contributed by atoms with E-state index < -0.39 is 5.92 Å². The van der Waals surface area contributed by atoms with E-state index in [1.165, 1.54) is 0 Å². The molecule has 2 heterocycles. The van der Waals surface area contributed by atoms with E-state index >= 15 is 0 Å². The number of hydrogen-bond donors (Lipinski definition) is 3. The molecule has 0 saturated heterocycles. The molecule has 4 rings (SSSR count). The second kappa shape index (κ2) is 6.04. The third kappa shape index (κ3) is 2.74. The van der Waals surface area contributed by atoms with Gasteiger partial charge in [-0.2, -0.15) is 0 Å². The Bertz CT molecular complexity index is 1010. The van der Waals surface area contributed by atoms with Crippen LogP contribution in [-0.4, -0.2) is 30.2 Å². The van der Waals surface area contributed by atoms with Crippen molar-refractivity contribution in [2.24, 2.45) is 5.41 Å². The molecule has 7 nitrogen and oxygen atoms in total. The summed E-state index contributed by atoms with van der Waals surface area (Å²) in [5.74, 6) is 1.40. The summed E-state index contributed by atoms with van der Waals surface area (Å²) in [5.41, 5.74) is 2.52. The van der Waals surface area contributed by atoms with Gasteiger partial charge in [0, 0.05) is 23.6 Å². The normalized spacial score (nSPS) is 20.6. The highest BCUT2D eigenvalue weighted by Gasteiger charge is 2.42. The zero-order chi connectivity index (χ0) is 19.3. The Morgan fingerprint density at radius 1 is 1.04 bits per heavy atom. The topological polar surface area (TPSA) is 96.2 Å². The van der Waals surface area contributed by atoms with Crippen LogP contribution in [0.15, 0.2) is 34.3 Å². The highest BCUT2D eigenvalue weighted by atomic mass is 16.5. The van der Waals surface area contributed by atoms with Crippen molar-refractivity contribution in [2.45, 2.75) is 32.6 Å². The number of rotatable bonds is 3. The molecule has 1 atom stereocenters. The number of nitrogens with one attached hydrogen (secondary N) is 3. The molecule has 3 N–H and O–H groups in total. The highest BCUT2D eigenvalue weighted by molar-refractivity contribution is 6.01. The number of allylic oxidation sites excluding steroid dienone is 2. The molecule has 2 aliphatic rings. The number of aromatic nitrogens is 2. The van der Waals surface area contributed by atoms with Crippen molar-refractivity contribution in [3.05, 3.63) is 50.9 Å². The van der Waals surface area contributed by atoms with Gasteiger partial charge in [-0.25, -0.2) is 0 Å². The second-order valence-electron chi connectivity index (χ2n) is 7.87. The molecule has 1 aromatic heterocycles. The van der Waals surface area contributed by atoms with Gasteiger partial charge in [0.25, 0.3) is 5.56 Å². The molecule has 142 valence electrons. The lowest BCUT2D eigenvalue weighted by molar-refractivity contribution is -0.118. The van der Waals surface area contributed by atoms with Crippen molar-refractivity contribution in [3.63, 3.8) is 0 Å². The van der Waals surface area contributed by atoms with Gasteiger partial charge in [0.1, 0.15) is 5.82 Å². The number of fused-ring (bicyclic) bond motifs is 1. The minimum Gasteiger partial charge on any atom is -0.493 e. The predicted molar refractivity (Wildman–Crippen MR) is 101 cm³/mol. The Labute approximate surface area is 156 Å². The number of anilines is 1. The standard InChI is InChI=1S/C20H23N3O4/c1-20(2)8-11-16(12(24)9-20)15(17-18(21-11)22-23-19(17)25)10-5-6-13(26-3)14(7-10)27-4/h5-7,15H,8-9H2,1-4H3,(H3,21,22,23,25). The summed E-state index contributed by atoms with van der Waals surface area (Å²) in [4.78, 5) is 25.6. The molecular weight excluding hydrogens is 346 g/mol. The number of carbonyl (C=O) groups excluding carboxylic acids is 1. The van der Waals surface area contributed by atoms with Gasteiger partial charge < -0.3 is 14.8 Å². The fraction of sp³-hybridized carbons (Fsp3) is 0.400. The maximum absolute atomic E-state index is 13.1. The smallest absolute Gasteiger partial charge is 0.270 e. The quantitative estimate of drug-likeness (QED) is 0.773. The maximum Gasteiger partial charge on any atom is 0.270 e. The molecule has 2 aromatic rings. The van der Waals surface area contributed by atoms with Crippen molar-refractivity contribution in [3.8, 4) is 11.5 Å². The van der Waals surface area contributed by atoms with E-state index in [1.807, 2.05) is 12.1 Å². The first kappa shape index (κ1) is 17.5. The number of Topliss-reactive ketones (excluding diaryl/α,β-unsaturated/α-hetero) is 1. The first-order chi connectivity index (χ1) is 12.8. The summed E-state index contributed by atoms with van der Waals surface area (Å²) in [5, 5.41) is 8.81. The van der Waals surface area contributed by atoms with Crippen LogP contribution in [0.3, 0.4) is 0 Å². The van der Waals surface area contributed by atoms with Crippen LogP contribution in [0.4, 0.5) is 5.82 Å². The Morgan fingerprint density at radius 3 is 2.48 bits per heavy atom. The summed E-state index contributed by atoms with van der Waals surface area (Å²) >= 11 is 0. The molecule has 0 spiro atoms. The molecule has 1 aromatic carbocycles. The highest BCUT2D eigenvalue weighted by Crippen LogP contribution is 2.48. The second-order valence-corrected chi connectivity index (χ2v) is 7.87. The number of ether oxygens (including phenoxy) is 2. The van der Waals surface area contributed by atoms with Gasteiger partial charge in [-0.05, 0) is 29.5 Å². The van der Waals surface area contributed by atoms with Crippen molar-refractivity contribution in [2.75, 3.05) is 19.5 Å². The van der Waals surface area contributed by atoms with E-state index in [-0.39, 0.29) is 16.8 Å². The average molecular weight is 369 g/mol. The van der Waals surface area contributed by atoms with Crippen LogP contribution in [0.1, 0.15) is 43.7 Å². The predicted octanol–water partition coefficient (Wildman–Crippen LogP) is 2.92. The van der Waals surface area contributed by atoms with Crippen molar-refractivity contribution in [1.29, 1.82) is 0 Å². The van der Waals surface area contributed by atoms with Gasteiger partial charge >= 0.3 is 0 Å². The molecule has 0 radical (unpaired) electrons. The summed E-state index contributed by atoms with van der Waals surface area (Å²) < 4.78 is 10.7. The van der Waals surface area contributed by atoms with E-state index in [9.17, 15) is 9.59 Å². The molecule has 0 saturated carbocycles. The van der Waals surface area contributed by atoms with Crippen LogP contribution in [-0.2, 0) is 4.79 Å². The summed E-state index contributed by atoms with van der Waals surface area (Å²) in [6, 6.07) is 5.52. The Hall–Kier alpha value is -2.96. The largest absolute Gasteiger partial charge is 0.493 e. The average Bonchev–Trinajstić information content (AvgIpc) is 2.99. The van der Waals surface area contributed by atoms with Gasteiger partial charge in [0.05, 0.1) is 19.8 Å². The van der Waals surface area contributed by atoms with Gasteiger partial charge in [-0.1, -0.05) is 19.9 Å². The summed E-state index contributed by atoms with van der Waals surface area (Å²) in [6.45, 7) is 4.16. The molecule has 7 heteroatoms. The molecular formula is C20H23N3O4. The molecule has 1 aliphatic heterocycles. The molecule has 0 amide bonds. The first-order valence-electron chi connectivity index (χ1n) is 8.90.